The van der Waals surface area contributed by atoms with Crippen LogP contribution in [0, 0.1) is 0 Å². The minimum absolute atomic E-state index is 0.0755. The monoisotopic (exact) mass is 376 g/mol. The molecule has 0 saturated carbocycles. The van der Waals surface area contributed by atoms with E-state index in [1.807, 2.05) is 0 Å². The van der Waals surface area contributed by atoms with E-state index in [1.54, 1.807) is 45.0 Å². The highest BCUT2D eigenvalue weighted by atomic mass is 16.5. The van der Waals surface area contributed by atoms with Gasteiger partial charge in [0.2, 0.25) is 0 Å². The van der Waals surface area contributed by atoms with Crippen molar-refractivity contribution in [3.63, 3.8) is 0 Å². The standard InChI is InChI=1S/C19H24N2O6/c1-5-20(6-2)18(24)14-16(22)17(23)15(19(25)27-7-3)21(14)12-8-10-13(26-4)11-9-12/h8-11,22-23H,5-7H2,1-4H3. The summed E-state index contributed by atoms with van der Waals surface area (Å²) in [6, 6.07) is 6.51. The number of esters is 1. The molecule has 0 unspecified atom stereocenters. The van der Waals surface area contributed by atoms with Gasteiger partial charge >= 0.3 is 5.97 Å². The fourth-order valence-electron chi connectivity index (χ4n) is 2.78. The molecule has 0 aliphatic carbocycles. The van der Waals surface area contributed by atoms with Gasteiger partial charge in [-0.3, -0.25) is 9.36 Å². The molecule has 0 aliphatic heterocycles. The van der Waals surface area contributed by atoms with Crippen LogP contribution in [0.3, 0.4) is 0 Å². The smallest absolute Gasteiger partial charge is 0.359 e. The molecule has 27 heavy (non-hydrogen) atoms. The van der Waals surface area contributed by atoms with Crippen LogP contribution in [0.2, 0.25) is 0 Å². The van der Waals surface area contributed by atoms with Crippen LogP contribution in [-0.4, -0.2) is 58.4 Å². The van der Waals surface area contributed by atoms with Crippen LogP contribution in [0.1, 0.15) is 41.7 Å². The maximum Gasteiger partial charge on any atom is 0.359 e. The number of carbonyl (C=O) groups is 2. The summed E-state index contributed by atoms with van der Waals surface area (Å²) in [6.07, 6.45) is 0. The van der Waals surface area contributed by atoms with E-state index in [4.69, 9.17) is 9.47 Å². The molecule has 0 atom stereocenters. The molecule has 1 aromatic heterocycles. The van der Waals surface area contributed by atoms with E-state index in [1.165, 1.54) is 16.6 Å². The lowest BCUT2D eigenvalue weighted by molar-refractivity contribution is 0.0513. The molecule has 146 valence electrons. The molecular formula is C19H24N2O6. The van der Waals surface area contributed by atoms with Crippen molar-refractivity contribution in [3.05, 3.63) is 35.7 Å². The zero-order chi connectivity index (χ0) is 20.1. The quantitative estimate of drug-likeness (QED) is 0.720. The van der Waals surface area contributed by atoms with E-state index in [-0.39, 0.29) is 18.0 Å². The molecule has 2 rings (SSSR count). The lowest BCUT2D eigenvalue weighted by Gasteiger charge is -2.20. The first-order valence-corrected chi connectivity index (χ1v) is 8.68. The summed E-state index contributed by atoms with van der Waals surface area (Å²) in [4.78, 5) is 26.8. The van der Waals surface area contributed by atoms with Gasteiger partial charge in [-0.05, 0) is 45.0 Å². The van der Waals surface area contributed by atoms with E-state index in [9.17, 15) is 19.8 Å². The summed E-state index contributed by atoms with van der Waals surface area (Å²) in [5, 5.41) is 20.8. The topological polar surface area (TPSA) is 101 Å². The van der Waals surface area contributed by atoms with Crippen molar-refractivity contribution < 1.29 is 29.3 Å². The second-order valence-electron chi connectivity index (χ2n) is 5.63. The van der Waals surface area contributed by atoms with Crippen LogP contribution >= 0.6 is 0 Å². The molecule has 0 fully saturated rings. The van der Waals surface area contributed by atoms with Gasteiger partial charge in [0, 0.05) is 18.8 Å². The Morgan fingerprint density at radius 1 is 1.00 bits per heavy atom. The minimum atomic E-state index is -0.847. The summed E-state index contributed by atoms with van der Waals surface area (Å²) >= 11 is 0. The number of carbonyl (C=O) groups excluding carboxylic acids is 2. The average molecular weight is 376 g/mol. The van der Waals surface area contributed by atoms with Gasteiger partial charge in [0.25, 0.3) is 5.91 Å². The molecular weight excluding hydrogens is 352 g/mol. The van der Waals surface area contributed by atoms with Gasteiger partial charge in [-0.2, -0.15) is 0 Å². The lowest BCUT2D eigenvalue weighted by Crippen LogP contribution is -2.32. The number of hydrogen-bond acceptors (Lipinski definition) is 6. The number of benzene rings is 1. The number of nitrogens with zero attached hydrogens (tertiary/aromatic N) is 2. The zero-order valence-electron chi connectivity index (χ0n) is 15.9. The second kappa shape index (κ2) is 8.48. The average Bonchev–Trinajstić information content (AvgIpc) is 2.94. The molecule has 2 aromatic rings. The lowest BCUT2D eigenvalue weighted by atomic mass is 10.2. The third kappa shape index (κ3) is 3.69. The maximum atomic E-state index is 12.9. The summed E-state index contributed by atoms with van der Waals surface area (Å²) in [6.45, 7) is 6.09. The Bertz CT molecular complexity index is 822. The molecule has 0 bridgehead atoms. The Morgan fingerprint density at radius 2 is 1.56 bits per heavy atom. The number of ether oxygens (including phenoxy) is 2. The van der Waals surface area contributed by atoms with Gasteiger partial charge in [-0.25, -0.2) is 4.79 Å². The van der Waals surface area contributed by atoms with Crippen LogP contribution in [0.4, 0.5) is 0 Å². The van der Waals surface area contributed by atoms with E-state index in [0.717, 1.165) is 0 Å². The van der Waals surface area contributed by atoms with Gasteiger partial charge in [-0.1, -0.05) is 0 Å². The van der Waals surface area contributed by atoms with Crippen LogP contribution in [0.5, 0.6) is 17.2 Å². The first-order valence-electron chi connectivity index (χ1n) is 8.68. The van der Waals surface area contributed by atoms with Gasteiger partial charge in [0.05, 0.1) is 13.7 Å². The molecule has 0 spiro atoms. The summed E-state index contributed by atoms with van der Waals surface area (Å²) in [5.41, 5.74) is -0.121. The highest BCUT2D eigenvalue weighted by molar-refractivity contribution is 6.02. The van der Waals surface area contributed by atoms with Crippen molar-refractivity contribution >= 4 is 11.9 Å². The highest BCUT2D eigenvalue weighted by Crippen LogP contribution is 2.39. The summed E-state index contributed by atoms with van der Waals surface area (Å²) < 4.78 is 11.3. The van der Waals surface area contributed by atoms with Crippen molar-refractivity contribution in [2.75, 3.05) is 26.8 Å². The normalized spacial score (nSPS) is 10.5. The Hall–Kier alpha value is -3.16. The van der Waals surface area contributed by atoms with Crippen molar-refractivity contribution in [2.24, 2.45) is 0 Å². The largest absolute Gasteiger partial charge is 0.503 e. The fourth-order valence-corrected chi connectivity index (χ4v) is 2.78. The van der Waals surface area contributed by atoms with Gasteiger partial charge in [-0.15, -0.1) is 0 Å². The molecule has 0 saturated heterocycles. The van der Waals surface area contributed by atoms with Gasteiger partial charge in [0.15, 0.2) is 22.9 Å². The van der Waals surface area contributed by atoms with Crippen LogP contribution < -0.4 is 4.74 Å². The van der Waals surface area contributed by atoms with E-state index < -0.39 is 23.4 Å². The Labute approximate surface area is 157 Å². The SMILES string of the molecule is CCOC(=O)c1c(O)c(O)c(C(=O)N(CC)CC)n1-c1ccc(OC)cc1. The molecule has 1 aromatic carbocycles. The summed E-state index contributed by atoms with van der Waals surface area (Å²) in [5.74, 6) is -2.14. The molecule has 0 radical (unpaired) electrons. The number of aromatic nitrogens is 1. The molecule has 1 heterocycles. The molecule has 2 N–H and O–H groups in total. The van der Waals surface area contributed by atoms with Gasteiger partial charge in [0.1, 0.15) is 5.75 Å². The van der Waals surface area contributed by atoms with E-state index in [2.05, 4.69) is 0 Å². The maximum absolute atomic E-state index is 12.9. The molecule has 0 aliphatic rings. The number of aromatic hydroxyl groups is 2. The van der Waals surface area contributed by atoms with E-state index >= 15 is 0 Å². The number of hydrogen-bond donors (Lipinski definition) is 2. The first kappa shape index (κ1) is 20.2. The Morgan fingerprint density at radius 3 is 2.04 bits per heavy atom. The van der Waals surface area contributed by atoms with E-state index in [0.29, 0.717) is 24.5 Å². The fraction of sp³-hybridized carbons (Fsp3) is 0.368. The van der Waals surface area contributed by atoms with Crippen molar-refractivity contribution in [3.8, 4) is 22.9 Å². The Balaban J connectivity index is 2.76. The number of rotatable bonds is 7. The highest BCUT2D eigenvalue weighted by Gasteiger charge is 2.33. The van der Waals surface area contributed by atoms with Crippen LogP contribution in [-0.2, 0) is 4.74 Å². The minimum Gasteiger partial charge on any atom is -0.503 e. The molecule has 8 heteroatoms. The second-order valence-corrected chi connectivity index (χ2v) is 5.63. The molecule has 1 amide bonds. The zero-order valence-corrected chi connectivity index (χ0v) is 15.9. The molecule has 8 nitrogen and oxygen atoms in total. The van der Waals surface area contributed by atoms with Crippen molar-refractivity contribution in [2.45, 2.75) is 20.8 Å². The van der Waals surface area contributed by atoms with Gasteiger partial charge < -0.3 is 24.6 Å². The van der Waals surface area contributed by atoms with Crippen LogP contribution in [0.25, 0.3) is 5.69 Å². The number of methoxy groups -OCH3 is 1. The van der Waals surface area contributed by atoms with Crippen LogP contribution in [0.15, 0.2) is 24.3 Å². The Kier molecular flexibility index (Phi) is 6.33. The summed E-state index contributed by atoms with van der Waals surface area (Å²) in [7, 11) is 1.52. The van der Waals surface area contributed by atoms with Crippen molar-refractivity contribution in [1.82, 2.24) is 9.47 Å². The number of amides is 1. The first-order chi connectivity index (χ1) is 12.9. The van der Waals surface area contributed by atoms with Crippen molar-refractivity contribution in [1.29, 1.82) is 0 Å². The third-order valence-corrected chi connectivity index (χ3v) is 4.17. The third-order valence-electron chi connectivity index (χ3n) is 4.17. The predicted octanol–water partition coefficient (Wildman–Crippen LogP) is 2.56. The predicted molar refractivity (Wildman–Crippen MR) is 98.9 cm³/mol.